The number of ketones is 2. The van der Waals surface area contributed by atoms with Crippen molar-refractivity contribution in [2.75, 3.05) is 0 Å². The van der Waals surface area contributed by atoms with Crippen LogP contribution >= 0.6 is 0 Å². The van der Waals surface area contributed by atoms with E-state index < -0.39 is 10.8 Å². The van der Waals surface area contributed by atoms with Crippen molar-refractivity contribution in [1.82, 2.24) is 0 Å². The normalized spacial score (nSPS) is 32.9. The standard InChI is InChI=1S/C21H21NO3/c1-11-12(2)21(20(3,4)19(11)25)15-9-13(23)5-7-17(15)22-18-8-6-14(24)10-16(18)21/h5,7-10,16,24H,6H2,1-4H3/t16-,21+/m1/s1. The fourth-order valence-corrected chi connectivity index (χ4v) is 5.12. The molecule has 0 amide bonds. The Kier molecular flexibility index (Phi) is 3.06. The van der Waals surface area contributed by atoms with E-state index in [-0.39, 0.29) is 23.2 Å². The second-order valence-corrected chi connectivity index (χ2v) is 7.77. The van der Waals surface area contributed by atoms with Crippen molar-refractivity contribution in [3.05, 3.63) is 58.6 Å². The van der Waals surface area contributed by atoms with E-state index in [1.165, 1.54) is 6.08 Å². The number of fused-ring (bicyclic) bond motifs is 4. The minimum absolute atomic E-state index is 0.0898. The van der Waals surface area contributed by atoms with Gasteiger partial charge in [-0.2, -0.15) is 0 Å². The van der Waals surface area contributed by atoms with Crippen LogP contribution in [0.5, 0.6) is 0 Å². The van der Waals surface area contributed by atoms with Gasteiger partial charge in [-0.25, -0.2) is 0 Å². The highest BCUT2D eigenvalue weighted by atomic mass is 16.3. The van der Waals surface area contributed by atoms with E-state index in [4.69, 9.17) is 4.99 Å². The van der Waals surface area contributed by atoms with Gasteiger partial charge in [-0.05, 0) is 49.3 Å². The Hall–Kier alpha value is -2.49. The number of hydrogen-bond acceptors (Lipinski definition) is 4. The lowest BCUT2D eigenvalue weighted by molar-refractivity contribution is -0.126. The molecule has 1 heterocycles. The van der Waals surface area contributed by atoms with Crippen LogP contribution in [-0.2, 0) is 9.59 Å². The molecule has 2 atom stereocenters. The zero-order chi connectivity index (χ0) is 18.1. The van der Waals surface area contributed by atoms with Gasteiger partial charge in [-0.3, -0.25) is 14.6 Å². The highest BCUT2D eigenvalue weighted by Crippen LogP contribution is 2.66. The van der Waals surface area contributed by atoms with Crippen molar-refractivity contribution in [2.24, 2.45) is 21.7 Å². The average Bonchev–Trinajstić information content (AvgIpc) is 2.69. The van der Waals surface area contributed by atoms with Gasteiger partial charge in [0.25, 0.3) is 0 Å². The molecule has 0 saturated carbocycles. The summed E-state index contributed by atoms with van der Waals surface area (Å²) in [7, 11) is 0. The molecule has 4 aliphatic rings. The first-order chi connectivity index (χ1) is 11.7. The molecule has 4 nitrogen and oxygen atoms in total. The van der Waals surface area contributed by atoms with E-state index in [9.17, 15) is 14.7 Å². The summed E-state index contributed by atoms with van der Waals surface area (Å²) in [6.07, 6.45) is 9.06. The molecule has 4 rings (SSSR count). The van der Waals surface area contributed by atoms with Crippen molar-refractivity contribution in [1.29, 1.82) is 0 Å². The first kappa shape index (κ1) is 16.0. The summed E-state index contributed by atoms with van der Waals surface area (Å²) >= 11 is 0. The molecule has 0 aromatic rings. The lowest BCUT2D eigenvalue weighted by Crippen LogP contribution is -2.51. The second-order valence-electron chi connectivity index (χ2n) is 7.77. The first-order valence-corrected chi connectivity index (χ1v) is 8.57. The van der Waals surface area contributed by atoms with E-state index in [2.05, 4.69) is 0 Å². The summed E-state index contributed by atoms with van der Waals surface area (Å²) in [6, 6.07) is 0. The minimum Gasteiger partial charge on any atom is -0.512 e. The molecule has 0 bridgehead atoms. The molecule has 0 fully saturated rings. The van der Waals surface area contributed by atoms with Gasteiger partial charge in [0.1, 0.15) is 0 Å². The monoisotopic (exact) mass is 335 g/mol. The number of hydrogen-bond donors (Lipinski definition) is 1. The molecular formula is C21H21NO3. The fourth-order valence-electron chi connectivity index (χ4n) is 5.12. The molecule has 0 radical (unpaired) electrons. The predicted molar refractivity (Wildman–Crippen MR) is 96.2 cm³/mol. The molecule has 128 valence electrons. The maximum atomic E-state index is 13.1. The number of carbonyl (C=O) groups is 2. The van der Waals surface area contributed by atoms with Crippen molar-refractivity contribution in [2.45, 2.75) is 34.1 Å². The number of allylic oxidation sites excluding steroid dienone is 8. The molecular weight excluding hydrogens is 314 g/mol. The van der Waals surface area contributed by atoms with Crippen LogP contribution in [0.4, 0.5) is 0 Å². The van der Waals surface area contributed by atoms with Crippen LogP contribution in [-0.4, -0.2) is 22.4 Å². The van der Waals surface area contributed by atoms with Crippen LogP contribution in [0.2, 0.25) is 0 Å². The number of nitrogens with zero attached hydrogens (tertiary/aromatic N) is 1. The molecule has 1 N–H and O–H groups in total. The largest absolute Gasteiger partial charge is 0.512 e. The Labute approximate surface area is 147 Å². The maximum Gasteiger partial charge on any atom is 0.179 e. The SMILES string of the molecule is CC1=C(C)[C@@]2(C3=CC(=O)C=CC3=NC3=CCC(O)=C[C@H]32)C(C)(C)C1=O. The minimum atomic E-state index is -0.739. The van der Waals surface area contributed by atoms with Crippen molar-refractivity contribution >= 4 is 17.3 Å². The van der Waals surface area contributed by atoms with E-state index >= 15 is 0 Å². The molecule has 0 aromatic carbocycles. The van der Waals surface area contributed by atoms with E-state index in [1.807, 2.05) is 39.8 Å². The molecule has 0 saturated heterocycles. The summed E-state index contributed by atoms with van der Waals surface area (Å²) < 4.78 is 0. The van der Waals surface area contributed by atoms with Gasteiger partial charge in [-0.15, -0.1) is 0 Å². The summed E-state index contributed by atoms with van der Waals surface area (Å²) in [5.74, 6) is 0.0231. The van der Waals surface area contributed by atoms with Crippen molar-refractivity contribution in [3.8, 4) is 0 Å². The highest BCUT2D eigenvalue weighted by Gasteiger charge is 2.64. The van der Waals surface area contributed by atoms with Crippen LogP contribution in [0, 0.1) is 16.7 Å². The van der Waals surface area contributed by atoms with Crippen LogP contribution < -0.4 is 0 Å². The van der Waals surface area contributed by atoms with E-state index in [0.717, 1.165) is 28.1 Å². The van der Waals surface area contributed by atoms with Crippen molar-refractivity contribution in [3.63, 3.8) is 0 Å². The molecule has 4 heteroatoms. The smallest absolute Gasteiger partial charge is 0.179 e. The molecule has 0 aromatic heterocycles. The zero-order valence-corrected chi connectivity index (χ0v) is 14.9. The summed E-state index contributed by atoms with van der Waals surface area (Å²) in [6.45, 7) is 7.72. The van der Waals surface area contributed by atoms with Crippen LogP contribution in [0.1, 0.15) is 34.1 Å². The van der Waals surface area contributed by atoms with Gasteiger partial charge in [0.05, 0.1) is 11.5 Å². The quantitative estimate of drug-likeness (QED) is 0.685. The third kappa shape index (κ3) is 1.74. The van der Waals surface area contributed by atoms with Gasteiger partial charge < -0.3 is 5.11 Å². The Bertz CT molecular complexity index is 921. The third-order valence-corrected chi connectivity index (χ3v) is 6.36. The van der Waals surface area contributed by atoms with Gasteiger partial charge >= 0.3 is 0 Å². The average molecular weight is 335 g/mol. The molecule has 1 spiro atoms. The van der Waals surface area contributed by atoms with E-state index in [1.54, 1.807) is 12.2 Å². The Morgan fingerprint density at radius 3 is 2.56 bits per heavy atom. The molecule has 25 heavy (non-hydrogen) atoms. The lowest BCUT2D eigenvalue weighted by atomic mass is 9.51. The number of Topliss-reactive ketones (excluding diaryl/α,β-unsaturated/α-hetero) is 1. The Morgan fingerprint density at radius 2 is 1.92 bits per heavy atom. The van der Waals surface area contributed by atoms with Gasteiger partial charge in [0.15, 0.2) is 11.6 Å². The first-order valence-electron chi connectivity index (χ1n) is 8.57. The zero-order valence-electron chi connectivity index (χ0n) is 14.9. The third-order valence-electron chi connectivity index (χ3n) is 6.36. The second kappa shape index (κ2) is 4.78. The Morgan fingerprint density at radius 1 is 1.20 bits per heavy atom. The summed E-state index contributed by atoms with van der Waals surface area (Å²) in [5.41, 5.74) is 2.66. The van der Waals surface area contributed by atoms with Crippen LogP contribution in [0.3, 0.4) is 0 Å². The summed E-state index contributed by atoms with van der Waals surface area (Å²) in [5, 5.41) is 10.2. The fraction of sp³-hybridized carbons (Fsp3) is 0.381. The van der Waals surface area contributed by atoms with Gasteiger partial charge in [0, 0.05) is 28.9 Å². The van der Waals surface area contributed by atoms with Crippen LogP contribution in [0.15, 0.2) is 63.5 Å². The van der Waals surface area contributed by atoms with E-state index in [0.29, 0.717) is 6.42 Å². The highest BCUT2D eigenvalue weighted by molar-refractivity contribution is 6.23. The topological polar surface area (TPSA) is 66.7 Å². The summed E-state index contributed by atoms with van der Waals surface area (Å²) in [4.78, 5) is 30.0. The van der Waals surface area contributed by atoms with Gasteiger partial charge in [0.2, 0.25) is 0 Å². The Balaban J connectivity index is 2.13. The number of carbonyl (C=O) groups excluding carboxylic acids is 2. The lowest BCUT2D eigenvalue weighted by Gasteiger charge is -2.51. The van der Waals surface area contributed by atoms with Crippen LogP contribution in [0.25, 0.3) is 0 Å². The predicted octanol–water partition coefficient (Wildman–Crippen LogP) is 3.78. The van der Waals surface area contributed by atoms with Crippen molar-refractivity contribution < 1.29 is 14.7 Å². The number of aliphatic hydroxyl groups excluding tert-OH is 1. The molecule has 1 aliphatic heterocycles. The number of rotatable bonds is 0. The maximum absolute atomic E-state index is 13.1. The van der Waals surface area contributed by atoms with Gasteiger partial charge in [-0.1, -0.05) is 25.5 Å². The molecule has 3 aliphatic carbocycles. The number of aliphatic hydroxyl groups is 1. The number of aliphatic imine (C=N–C) groups is 1. The molecule has 0 unspecified atom stereocenters.